The van der Waals surface area contributed by atoms with E-state index in [9.17, 15) is 4.79 Å². The van der Waals surface area contributed by atoms with Gasteiger partial charge in [-0.1, -0.05) is 32.4 Å². The molecule has 1 aliphatic carbocycles. The lowest BCUT2D eigenvalue weighted by Gasteiger charge is -2.33. The second-order valence-corrected chi connectivity index (χ2v) is 9.27. The molecule has 4 rings (SSSR count). The number of hydrogen-bond donors (Lipinski definition) is 3. The van der Waals surface area contributed by atoms with Gasteiger partial charge in [-0.15, -0.1) is 0 Å². The van der Waals surface area contributed by atoms with Crippen molar-refractivity contribution in [1.29, 1.82) is 0 Å². The summed E-state index contributed by atoms with van der Waals surface area (Å²) >= 11 is 0. The van der Waals surface area contributed by atoms with Crippen LogP contribution in [0.4, 0.5) is 5.69 Å². The van der Waals surface area contributed by atoms with Crippen LogP contribution in [-0.4, -0.2) is 26.3 Å². The predicted molar refractivity (Wildman–Crippen MR) is 115 cm³/mol. The molecule has 3 N–H and O–H groups in total. The molecule has 0 spiro atoms. The van der Waals surface area contributed by atoms with Crippen molar-refractivity contribution in [3.05, 3.63) is 52.5 Å². The Morgan fingerprint density at radius 3 is 2.62 bits per heavy atom. The first-order chi connectivity index (χ1) is 13.7. The zero-order valence-electron chi connectivity index (χ0n) is 17.8. The molecule has 152 valence electrons. The highest BCUT2D eigenvalue weighted by Gasteiger charge is 2.32. The number of anilines is 1. The van der Waals surface area contributed by atoms with Crippen LogP contribution in [-0.2, 0) is 12.8 Å². The van der Waals surface area contributed by atoms with Crippen molar-refractivity contribution in [1.82, 2.24) is 20.4 Å². The van der Waals surface area contributed by atoms with Crippen molar-refractivity contribution in [2.75, 3.05) is 5.32 Å². The van der Waals surface area contributed by atoms with Crippen molar-refractivity contribution in [2.45, 2.75) is 53.9 Å². The highest BCUT2D eigenvalue weighted by Crippen LogP contribution is 2.38. The molecule has 0 fully saturated rings. The molecule has 2 aromatic heterocycles. The summed E-state index contributed by atoms with van der Waals surface area (Å²) in [6.45, 7) is 10.8. The fourth-order valence-corrected chi connectivity index (χ4v) is 4.14. The second kappa shape index (κ2) is 7.17. The first-order valence-electron chi connectivity index (χ1n) is 10.2. The molecule has 2 heterocycles. The lowest BCUT2D eigenvalue weighted by Crippen LogP contribution is -2.28. The number of carbonyl (C=O) groups excluding carboxylic acids is 1. The zero-order valence-corrected chi connectivity index (χ0v) is 17.8. The molecule has 0 bridgehead atoms. The summed E-state index contributed by atoms with van der Waals surface area (Å²) in [7, 11) is 0. The minimum Gasteiger partial charge on any atom is -0.320 e. The Morgan fingerprint density at radius 1 is 1.14 bits per heavy atom. The number of hydrogen-bond acceptors (Lipinski definition) is 3. The Balaban J connectivity index is 1.63. The third kappa shape index (κ3) is 3.84. The summed E-state index contributed by atoms with van der Waals surface area (Å²) in [5.41, 5.74) is 7.45. The molecule has 6 nitrogen and oxygen atoms in total. The van der Waals surface area contributed by atoms with Gasteiger partial charge in [-0.2, -0.15) is 10.2 Å². The Labute approximate surface area is 171 Å². The van der Waals surface area contributed by atoms with E-state index in [0.717, 1.165) is 58.7 Å². The first kappa shape index (κ1) is 19.4. The fourth-order valence-electron chi connectivity index (χ4n) is 4.14. The van der Waals surface area contributed by atoms with E-state index in [2.05, 4.69) is 46.5 Å². The molecule has 6 heteroatoms. The van der Waals surface area contributed by atoms with E-state index < -0.39 is 0 Å². The Hall–Kier alpha value is -2.89. The molecular formula is C23H29N5O. The topological polar surface area (TPSA) is 86.5 Å². The zero-order chi connectivity index (χ0) is 20.8. The molecule has 0 radical (unpaired) electrons. The maximum absolute atomic E-state index is 13.2. The number of nitrogens with zero attached hydrogens (tertiary/aromatic N) is 2. The molecule has 0 saturated heterocycles. The number of rotatable bonds is 3. The van der Waals surface area contributed by atoms with E-state index in [4.69, 9.17) is 0 Å². The summed E-state index contributed by atoms with van der Waals surface area (Å²) in [5, 5.41) is 17.9. The van der Waals surface area contributed by atoms with E-state index in [1.807, 2.05) is 38.1 Å². The number of H-pyrrole nitrogens is 2. The molecular weight excluding hydrogens is 362 g/mol. The lowest BCUT2D eigenvalue weighted by molar-refractivity contribution is 0.102. The van der Waals surface area contributed by atoms with Crippen molar-refractivity contribution < 1.29 is 4.79 Å². The SMILES string of the molecule is Cc1ccc(NC(=O)c2n[nH]c3c2C[C@@H](C(C)(C)C)CC3)c(-c2cc(C)[nH]n2)c1. The van der Waals surface area contributed by atoms with Gasteiger partial charge in [-0.3, -0.25) is 15.0 Å². The number of aromatic nitrogens is 4. The Kier molecular flexibility index (Phi) is 4.81. The molecule has 1 amide bonds. The Morgan fingerprint density at radius 2 is 1.93 bits per heavy atom. The van der Waals surface area contributed by atoms with Gasteiger partial charge < -0.3 is 5.32 Å². The summed E-state index contributed by atoms with van der Waals surface area (Å²) in [6.07, 6.45) is 2.96. The lowest BCUT2D eigenvalue weighted by atomic mass is 9.71. The van der Waals surface area contributed by atoms with Crippen molar-refractivity contribution in [2.24, 2.45) is 11.3 Å². The van der Waals surface area contributed by atoms with Gasteiger partial charge >= 0.3 is 0 Å². The number of fused-ring (bicyclic) bond motifs is 1. The van der Waals surface area contributed by atoms with Crippen molar-refractivity contribution >= 4 is 11.6 Å². The largest absolute Gasteiger partial charge is 0.320 e. The van der Waals surface area contributed by atoms with Crippen LogP contribution in [0.25, 0.3) is 11.3 Å². The van der Waals surface area contributed by atoms with Crippen LogP contribution in [0.5, 0.6) is 0 Å². The third-order valence-electron chi connectivity index (χ3n) is 5.99. The highest BCUT2D eigenvalue weighted by molar-refractivity contribution is 6.06. The van der Waals surface area contributed by atoms with Gasteiger partial charge in [0.25, 0.3) is 5.91 Å². The maximum atomic E-state index is 13.2. The minimum absolute atomic E-state index is 0.172. The van der Waals surface area contributed by atoms with Gasteiger partial charge in [0.05, 0.1) is 11.4 Å². The van der Waals surface area contributed by atoms with E-state index in [1.165, 1.54) is 0 Å². The monoisotopic (exact) mass is 391 g/mol. The summed E-state index contributed by atoms with van der Waals surface area (Å²) in [5.74, 6) is 0.371. The number of nitrogens with one attached hydrogen (secondary N) is 3. The van der Waals surface area contributed by atoms with E-state index in [0.29, 0.717) is 11.6 Å². The van der Waals surface area contributed by atoms with Gasteiger partial charge in [-0.05, 0) is 62.6 Å². The van der Waals surface area contributed by atoms with Crippen LogP contribution in [0, 0.1) is 25.2 Å². The average Bonchev–Trinajstić information content (AvgIpc) is 3.28. The van der Waals surface area contributed by atoms with E-state index >= 15 is 0 Å². The summed E-state index contributed by atoms with van der Waals surface area (Å²) < 4.78 is 0. The maximum Gasteiger partial charge on any atom is 0.276 e. The third-order valence-corrected chi connectivity index (χ3v) is 5.99. The quantitative estimate of drug-likeness (QED) is 0.598. The molecule has 0 unspecified atom stereocenters. The van der Waals surface area contributed by atoms with E-state index in [-0.39, 0.29) is 11.3 Å². The van der Waals surface area contributed by atoms with E-state index in [1.54, 1.807) is 0 Å². The predicted octanol–water partition coefficient (Wildman–Crippen LogP) is 4.82. The number of aryl methyl sites for hydroxylation is 3. The smallest absolute Gasteiger partial charge is 0.276 e. The molecule has 0 saturated carbocycles. The van der Waals surface area contributed by atoms with Crippen LogP contribution in [0.1, 0.15) is 60.2 Å². The van der Waals surface area contributed by atoms with Crippen LogP contribution in [0.3, 0.4) is 0 Å². The van der Waals surface area contributed by atoms with Crippen molar-refractivity contribution in [3.63, 3.8) is 0 Å². The van der Waals surface area contributed by atoms with Crippen LogP contribution in [0.15, 0.2) is 24.3 Å². The first-order valence-corrected chi connectivity index (χ1v) is 10.2. The molecule has 1 atom stereocenters. The van der Waals surface area contributed by atoms with Crippen molar-refractivity contribution in [3.8, 4) is 11.3 Å². The molecule has 1 aliphatic rings. The van der Waals surface area contributed by atoms with Gasteiger partial charge in [0.1, 0.15) is 0 Å². The number of aromatic amines is 2. The summed E-state index contributed by atoms with van der Waals surface area (Å²) in [6, 6.07) is 7.95. The van der Waals surface area contributed by atoms with Gasteiger partial charge in [-0.25, -0.2) is 0 Å². The van der Waals surface area contributed by atoms with Crippen LogP contribution in [0.2, 0.25) is 0 Å². The fraction of sp³-hybridized carbons (Fsp3) is 0.435. The minimum atomic E-state index is -0.172. The standard InChI is InChI=1S/C23H29N5O/c1-13-6-8-18(16(10-13)20-11-14(2)25-27-20)24-22(29)21-17-12-15(23(3,4)5)7-9-19(17)26-28-21/h6,8,10-11,15H,7,9,12H2,1-5H3,(H,24,29)(H,25,27)(H,26,28)/t15-/m0/s1. The molecule has 3 aromatic rings. The number of amides is 1. The Bertz CT molecular complexity index is 1050. The second-order valence-electron chi connectivity index (χ2n) is 9.27. The molecule has 0 aliphatic heterocycles. The van der Waals surface area contributed by atoms with Crippen LogP contribution >= 0.6 is 0 Å². The summed E-state index contributed by atoms with van der Waals surface area (Å²) in [4.78, 5) is 13.2. The van der Waals surface area contributed by atoms with Gasteiger partial charge in [0.15, 0.2) is 5.69 Å². The normalized spacial score (nSPS) is 16.5. The number of benzene rings is 1. The van der Waals surface area contributed by atoms with Gasteiger partial charge in [0, 0.05) is 22.5 Å². The molecule has 1 aromatic carbocycles. The average molecular weight is 392 g/mol. The van der Waals surface area contributed by atoms with Gasteiger partial charge in [0.2, 0.25) is 0 Å². The molecule has 29 heavy (non-hydrogen) atoms. The number of carbonyl (C=O) groups is 1. The van der Waals surface area contributed by atoms with Crippen LogP contribution < -0.4 is 5.32 Å². The highest BCUT2D eigenvalue weighted by atomic mass is 16.1.